The second kappa shape index (κ2) is 9.11. The molecule has 40 heavy (non-hydrogen) atoms. The van der Waals surface area contributed by atoms with E-state index in [0.29, 0.717) is 0 Å². The first-order valence-corrected chi connectivity index (χ1v) is 13.5. The Balaban J connectivity index is 1.28. The van der Waals surface area contributed by atoms with Crippen molar-refractivity contribution in [3.05, 3.63) is 140 Å². The number of pyridine rings is 1. The van der Waals surface area contributed by atoms with Gasteiger partial charge in [-0.3, -0.25) is 0 Å². The number of fused-ring (bicyclic) bond motifs is 5. The average molecular weight is 510 g/mol. The molecule has 0 aliphatic heterocycles. The summed E-state index contributed by atoms with van der Waals surface area (Å²) in [7, 11) is 0. The van der Waals surface area contributed by atoms with Crippen molar-refractivity contribution >= 4 is 43.4 Å². The number of benzene rings is 6. The summed E-state index contributed by atoms with van der Waals surface area (Å²) in [6, 6.07) is 48.5. The molecule has 186 valence electrons. The molecule has 2 heterocycles. The lowest BCUT2D eigenvalue weighted by atomic mass is 9.98. The quantitative estimate of drug-likeness (QED) is 0.223. The van der Waals surface area contributed by atoms with E-state index in [0.717, 1.165) is 55.7 Å². The Hall–Kier alpha value is -5.41. The van der Waals surface area contributed by atoms with Gasteiger partial charge in [0.15, 0.2) is 5.82 Å². The predicted octanol–water partition coefficient (Wildman–Crippen LogP) is 9.49. The largest absolute Gasteiger partial charge is 0.247 e. The molecule has 0 saturated carbocycles. The van der Waals surface area contributed by atoms with Gasteiger partial charge in [-0.1, -0.05) is 121 Å². The maximum absolute atomic E-state index is 5.11. The molecule has 0 aliphatic rings. The van der Waals surface area contributed by atoms with Crippen LogP contribution in [0, 0.1) is 0 Å². The maximum atomic E-state index is 5.11. The van der Waals surface area contributed by atoms with Gasteiger partial charge in [-0.15, -0.1) is 0 Å². The zero-order valence-electron chi connectivity index (χ0n) is 21.6. The third kappa shape index (κ3) is 3.71. The van der Waals surface area contributed by atoms with Gasteiger partial charge in [0.1, 0.15) is 0 Å². The van der Waals surface area contributed by atoms with Gasteiger partial charge in [0, 0.05) is 32.8 Å². The highest BCUT2D eigenvalue weighted by atomic mass is 14.9. The second-order valence-corrected chi connectivity index (χ2v) is 10.1. The molecule has 0 unspecified atom stereocenters. The average Bonchev–Trinajstić information content (AvgIpc) is 3.04. The SMILES string of the molecule is c1ccc2cc(-c3nc(-c4ccc(-c5nc6ccccc6c6ccccc56)cc4)c4ccccc4n3)ccc2c1. The first kappa shape index (κ1) is 22.6. The monoisotopic (exact) mass is 509 g/mol. The van der Waals surface area contributed by atoms with Crippen LogP contribution in [0.15, 0.2) is 140 Å². The minimum atomic E-state index is 0.728. The molecule has 6 aromatic carbocycles. The van der Waals surface area contributed by atoms with E-state index < -0.39 is 0 Å². The molecule has 0 atom stereocenters. The van der Waals surface area contributed by atoms with Crippen molar-refractivity contribution in [3.63, 3.8) is 0 Å². The van der Waals surface area contributed by atoms with Gasteiger partial charge in [0.2, 0.25) is 0 Å². The van der Waals surface area contributed by atoms with E-state index in [4.69, 9.17) is 15.0 Å². The lowest BCUT2D eigenvalue weighted by Gasteiger charge is -2.12. The molecular weight excluding hydrogens is 486 g/mol. The minimum absolute atomic E-state index is 0.728. The molecule has 0 saturated heterocycles. The topological polar surface area (TPSA) is 38.7 Å². The molecule has 0 spiro atoms. The summed E-state index contributed by atoms with van der Waals surface area (Å²) in [5.41, 5.74) is 6.99. The fourth-order valence-electron chi connectivity index (χ4n) is 5.66. The summed E-state index contributed by atoms with van der Waals surface area (Å²) >= 11 is 0. The van der Waals surface area contributed by atoms with Crippen molar-refractivity contribution in [2.75, 3.05) is 0 Å². The predicted molar refractivity (Wildman–Crippen MR) is 166 cm³/mol. The standard InChI is InChI=1S/C37H23N3/c1-2-10-27-23-28(22-17-24(27)9-1)37-39-34-16-8-6-14-32(34)36(40-37)26-20-18-25(19-21-26)35-31-13-4-3-11-29(31)30-12-5-7-15-33(30)38-35/h1-23H. The Bertz CT molecular complexity index is 2220. The van der Waals surface area contributed by atoms with Crippen LogP contribution in [0.5, 0.6) is 0 Å². The third-order valence-corrected chi connectivity index (χ3v) is 7.65. The van der Waals surface area contributed by atoms with E-state index in [1.54, 1.807) is 0 Å². The van der Waals surface area contributed by atoms with Gasteiger partial charge in [0.05, 0.1) is 22.4 Å². The van der Waals surface area contributed by atoms with Crippen LogP contribution in [0.4, 0.5) is 0 Å². The fourth-order valence-corrected chi connectivity index (χ4v) is 5.66. The van der Waals surface area contributed by atoms with Crippen LogP contribution in [0.2, 0.25) is 0 Å². The van der Waals surface area contributed by atoms with Gasteiger partial charge >= 0.3 is 0 Å². The summed E-state index contributed by atoms with van der Waals surface area (Å²) in [6.45, 7) is 0. The summed E-state index contributed by atoms with van der Waals surface area (Å²) < 4.78 is 0. The molecule has 8 aromatic rings. The lowest BCUT2D eigenvalue weighted by Crippen LogP contribution is -1.95. The Morgan fingerprint density at radius 1 is 0.325 bits per heavy atom. The molecule has 2 aromatic heterocycles. The number of hydrogen-bond acceptors (Lipinski definition) is 3. The van der Waals surface area contributed by atoms with Gasteiger partial charge in [-0.05, 0) is 34.4 Å². The fraction of sp³-hybridized carbons (Fsp3) is 0. The van der Waals surface area contributed by atoms with Gasteiger partial charge in [-0.2, -0.15) is 0 Å². The number of hydrogen-bond donors (Lipinski definition) is 0. The Morgan fingerprint density at radius 2 is 0.850 bits per heavy atom. The summed E-state index contributed by atoms with van der Waals surface area (Å²) in [6.07, 6.45) is 0. The smallest absolute Gasteiger partial charge is 0.160 e. The Morgan fingerprint density at radius 3 is 1.60 bits per heavy atom. The van der Waals surface area contributed by atoms with E-state index in [1.165, 1.54) is 21.5 Å². The highest BCUT2D eigenvalue weighted by Crippen LogP contribution is 2.35. The van der Waals surface area contributed by atoms with Crippen molar-refractivity contribution < 1.29 is 0 Å². The summed E-state index contributed by atoms with van der Waals surface area (Å²) in [5.74, 6) is 0.728. The Labute approximate surface area is 231 Å². The van der Waals surface area contributed by atoms with Gasteiger partial charge < -0.3 is 0 Å². The van der Waals surface area contributed by atoms with Crippen molar-refractivity contribution in [2.24, 2.45) is 0 Å². The second-order valence-electron chi connectivity index (χ2n) is 10.1. The molecule has 0 aliphatic carbocycles. The summed E-state index contributed by atoms with van der Waals surface area (Å²) in [5, 5.41) is 6.96. The van der Waals surface area contributed by atoms with E-state index >= 15 is 0 Å². The zero-order valence-corrected chi connectivity index (χ0v) is 21.6. The highest BCUT2D eigenvalue weighted by Gasteiger charge is 2.14. The van der Waals surface area contributed by atoms with Crippen LogP contribution in [0.1, 0.15) is 0 Å². The molecule has 0 fully saturated rings. The van der Waals surface area contributed by atoms with Gasteiger partial charge in [0.25, 0.3) is 0 Å². The lowest BCUT2D eigenvalue weighted by molar-refractivity contribution is 1.23. The molecule has 0 radical (unpaired) electrons. The first-order chi connectivity index (χ1) is 19.8. The third-order valence-electron chi connectivity index (χ3n) is 7.65. The summed E-state index contributed by atoms with van der Waals surface area (Å²) in [4.78, 5) is 15.1. The van der Waals surface area contributed by atoms with Crippen LogP contribution in [0.3, 0.4) is 0 Å². The van der Waals surface area contributed by atoms with Crippen LogP contribution in [-0.4, -0.2) is 15.0 Å². The molecule has 0 amide bonds. The normalized spacial score (nSPS) is 11.5. The number of aromatic nitrogens is 3. The molecule has 3 nitrogen and oxygen atoms in total. The van der Waals surface area contributed by atoms with Crippen LogP contribution in [-0.2, 0) is 0 Å². The van der Waals surface area contributed by atoms with E-state index in [-0.39, 0.29) is 0 Å². The number of rotatable bonds is 3. The van der Waals surface area contributed by atoms with Crippen molar-refractivity contribution in [2.45, 2.75) is 0 Å². The van der Waals surface area contributed by atoms with Crippen LogP contribution < -0.4 is 0 Å². The van der Waals surface area contributed by atoms with Crippen molar-refractivity contribution in [1.29, 1.82) is 0 Å². The van der Waals surface area contributed by atoms with Crippen LogP contribution >= 0.6 is 0 Å². The Kier molecular flexibility index (Phi) is 5.14. The highest BCUT2D eigenvalue weighted by molar-refractivity contribution is 6.11. The van der Waals surface area contributed by atoms with E-state index in [9.17, 15) is 0 Å². The number of para-hydroxylation sites is 2. The van der Waals surface area contributed by atoms with E-state index in [1.807, 2.05) is 18.2 Å². The van der Waals surface area contributed by atoms with Crippen molar-refractivity contribution in [1.82, 2.24) is 15.0 Å². The first-order valence-electron chi connectivity index (χ1n) is 13.5. The molecule has 0 bridgehead atoms. The van der Waals surface area contributed by atoms with E-state index in [2.05, 4.69) is 121 Å². The van der Waals surface area contributed by atoms with Gasteiger partial charge in [-0.25, -0.2) is 15.0 Å². The minimum Gasteiger partial charge on any atom is -0.247 e. The maximum Gasteiger partial charge on any atom is 0.160 e. The molecule has 8 rings (SSSR count). The van der Waals surface area contributed by atoms with Crippen LogP contribution in [0.25, 0.3) is 77.3 Å². The van der Waals surface area contributed by atoms with Crippen molar-refractivity contribution in [3.8, 4) is 33.9 Å². The zero-order chi connectivity index (χ0) is 26.5. The number of nitrogens with zero attached hydrogens (tertiary/aromatic N) is 3. The molecule has 3 heteroatoms. The molecular formula is C37H23N3. The molecule has 0 N–H and O–H groups in total.